The molecule has 0 radical (unpaired) electrons. The Balaban J connectivity index is 1.73. The summed E-state index contributed by atoms with van der Waals surface area (Å²) in [5, 5.41) is 13.8. The number of rotatable bonds is 4. The van der Waals surface area contributed by atoms with Gasteiger partial charge in [-0.3, -0.25) is 4.79 Å². The van der Waals surface area contributed by atoms with Gasteiger partial charge in [-0.05, 0) is 25.0 Å². The minimum atomic E-state index is -0.127. The number of H-pyrrole nitrogens is 1. The molecule has 0 spiro atoms. The van der Waals surface area contributed by atoms with E-state index in [-0.39, 0.29) is 17.9 Å². The van der Waals surface area contributed by atoms with Crippen molar-refractivity contribution in [1.82, 2.24) is 10.3 Å². The summed E-state index contributed by atoms with van der Waals surface area (Å²) in [6, 6.07) is 7.68. The van der Waals surface area contributed by atoms with E-state index in [1.807, 2.05) is 30.5 Å². The molecule has 0 aliphatic heterocycles. The van der Waals surface area contributed by atoms with Gasteiger partial charge in [-0.25, -0.2) is 0 Å². The van der Waals surface area contributed by atoms with E-state index in [9.17, 15) is 9.90 Å². The number of aliphatic hydroxyl groups is 1. The molecule has 0 atom stereocenters. The average Bonchev–Trinajstić information content (AvgIpc) is 3.02. The van der Waals surface area contributed by atoms with Gasteiger partial charge in [0.1, 0.15) is 0 Å². The molecule has 1 aromatic heterocycles. The van der Waals surface area contributed by atoms with Crippen molar-refractivity contribution >= 4 is 16.8 Å². The van der Waals surface area contributed by atoms with E-state index in [1.54, 1.807) is 0 Å². The van der Waals surface area contributed by atoms with Gasteiger partial charge >= 0.3 is 0 Å². The summed E-state index contributed by atoms with van der Waals surface area (Å²) >= 11 is 0. The van der Waals surface area contributed by atoms with Crippen LogP contribution in [0.15, 0.2) is 30.5 Å². The second-order valence-corrected chi connectivity index (χ2v) is 6.15. The van der Waals surface area contributed by atoms with Gasteiger partial charge < -0.3 is 15.4 Å². The van der Waals surface area contributed by atoms with E-state index < -0.39 is 0 Å². The molecule has 112 valence electrons. The van der Waals surface area contributed by atoms with Crippen molar-refractivity contribution < 1.29 is 9.90 Å². The standard InChI is InChI=1S/C17H22N2O2/c20-12-17(8-2-1-3-9-17)11-19-16(21)14-6-4-5-13-7-10-18-15(13)14/h4-7,10,18,20H,1-3,8-9,11-12H2,(H,19,21). The van der Waals surface area contributed by atoms with Crippen LogP contribution in [0.2, 0.25) is 0 Å². The lowest BCUT2D eigenvalue weighted by molar-refractivity contribution is 0.0719. The van der Waals surface area contributed by atoms with Crippen molar-refractivity contribution in [2.75, 3.05) is 13.2 Å². The van der Waals surface area contributed by atoms with Crippen LogP contribution >= 0.6 is 0 Å². The summed E-state index contributed by atoms with van der Waals surface area (Å²) in [5.74, 6) is -0.0681. The summed E-state index contributed by atoms with van der Waals surface area (Å²) in [5.41, 5.74) is 1.41. The monoisotopic (exact) mass is 286 g/mol. The SMILES string of the molecule is O=C(NCC1(CO)CCCCC1)c1cccc2cc[nH]c12. The number of hydrogen-bond acceptors (Lipinski definition) is 2. The minimum absolute atomic E-state index is 0.0681. The molecule has 0 bridgehead atoms. The molecule has 1 heterocycles. The minimum Gasteiger partial charge on any atom is -0.396 e. The maximum atomic E-state index is 12.4. The molecule has 0 unspecified atom stereocenters. The topological polar surface area (TPSA) is 65.1 Å². The lowest BCUT2D eigenvalue weighted by Gasteiger charge is -2.35. The Morgan fingerprint density at radius 1 is 1.24 bits per heavy atom. The van der Waals surface area contributed by atoms with Crippen LogP contribution in [0.25, 0.3) is 10.9 Å². The smallest absolute Gasteiger partial charge is 0.253 e. The maximum Gasteiger partial charge on any atom is 0.253 e. The Kier molecular flexibility index (Phi) is 3.97. The number of carbonyl (C=O) groups excluding carboxylic acids is 1. The van der Waals surface area contributed by atoms with Crippen LogP contribution in [-0.4, -0.2) is 29.1 Å². The van der Waals surface area contributed by atoms with Crippen LogP contribution in [0, 0.1) is 5.41 Å². The summed E-state index contributed by atoms with van der Waals surface area (Å²) in [6.07, 6.45) is 7.35. The summed E-state index contributed by atoms with van der Waals surface area (Å²) in [7, 11) is 0. The molecule has 1 aromatic carbocycles. The van der Waals surface area contributed by atoms with Crippen molar-refractivity contribution in [3.63, 3.8) is 0 Å². The zero-order chi connectivity index (χ0) is 14.7. The van der Waals surface area contributed by atoms with Crippen molar-refractivity contribution in [2.24, 2.45) is 5.41 Å². The van der Waals surface area contributed by atoms with Crippen molar-refractivity contribution in [3.05, 3.63) is 36.0 Å². The van der Waals surface area contributed by atoms with Gasteiger partial charge in [0.25, 0.3) is 5.91 Å². The van der Waals surface area contributed by atoms with E-state index >= 15 is 0 Å². The van der Waals surface area contributed by atoms with Gasteiger partial charge in [0.05, 0.1) is 17.7 Å². The Morgan fingerprint density at radius 2 is 2.05 bits per heavy atom. The molecule has 3 rings (SSSR count). The van der Waals surface area contributed by atoms with E-state index in [2.05, 4.69) is 10.3 Å². The molecular formula is C17H22N2O2. The van der Waals surface area contributed by atoms with Gasteiger partial charge in [0.2, 0.25) is 0 Å². The lowest BCUT2D eigenvalue weighted by atomic mass is 9.74. The molecule has 4 heteroatoms. The Hall–Kier alpha value is -1.81. The quantitative estimate of drug-likeness (QED) is 0.809. The first-order chi connectivity index (χ1) is 10.2. The van der Waals surface area contributed by atoms with Gasteiger partial charge in [-0.1, -0.05) is 31.4 Å². The molecule has 21 heavy (non-hydrogen) atoms. The summed E-state index contributed by atoms with van der Waals surface area (Å²) < 4.78 is 0. The van der Waals surface area contributed by atoms with Crippen molar-refractivity contribution in [3.8, 4) is 0 Å². The Bertz CT molecular complexity index is 627. The summed E-state index contributed by atoms with van der Waals surface area (Å²) in [6.45, 7) is 0.708. The second kappa shape index (κ2) is 5.90. The fourth-order valence-electron chi connectivity index (χ4n) is 3.33. The molecule has 2 aromatic rings. The number of fused-ring (bicyclic) bond motifs is 1. The largest absolute Gasteiger partial charge is 0.396 e. The molecule has 1 amide bonds. The van der Waals surface area contributed by atoms with Crippen LogP contribution in [0.3, 0.4) is 0 Å². The van der Waals surface area contributed by atoms with Crippen LogP contribution < -0.4 is 5.32 Å². The maximum absolute atomic E-state index is 12.4. The predicted molar refractivity (Wildman–Crippen MR) is 83.2 cm³/mol. The number of aliphatic hydroxyl groups excluding tert-OH is 1. The first-order valence-electron chi connectivity index (χ1n) is 7.69. The number of aromatic amines is 1. The van der Waals surface area contributed by atoms with Gasteiger partial charge in [0.15, 0.2) is 0 Å². The molecule has 1 aliphatic rings. The van der Waals surface area contributed by atoms with Gasteiger partial charge in [0, 0.05) is 23.5 Å². The highest BCUT2D eigenvalue weighted by Crippen LogP contribution is 2.35. The molecule has 0 saturated heterocycles. The third-order valence-corrected chi connectivity index (χ3v) is 4.71. The number of benzene rings is 1. The number of aromatic nitrogens is 1. The molecule has 1 fully saturated rings. The molecular weight excluding hydrogens is 264 g/mol. The number of carbonyl (C=O) groups is 1. The van der Waals surface area contributed by atoms with Crippen LogP contribution in [0.1, 0.15) is 42.5 Å². The zero-order valence-electron chi connectivity index (χ0n) is 12.2. The summed E-state index contributed by atoms with van der Waals surface area (Å²) in [4.78, 5) is 15.6. The number of nitrogens with one attached hydrogen (secondary N) is 2. The third-order valence-electron chi connectivity index (χ3n) is 4.71. The zero-order valence-corrected chi connectivity index (χ0v) is 12.2. The van der Waals surface area contributed by atoms with E-state index in [0.717, 1.165) is 36.6 Å². The number of amides is 1. The normalized spacial score (nSPS) is 17.8. The Labute approximate surface area is 124 Å². The average molecular weight is 286 g/mol. The third kappa shape index (κ3) is 2.81. The van der Waals surface area contributed by atoms with Crippen molar-refractivity contribution in [1.29, 1.82) is 0 Å². The molecule has 4 nitrogen and oxygen atoms in total. The molecule has 3 N–H and O–H groups in total. The van der Waals surface area contributed by atoms with Crippen LogP contribution in [0.5, 0.6) is 0 Å². The van der Waals surface area contributed by atoms with E-state index in [1.165, 1.54) is 6.42 Å². The highest BCUT2D eigenvalue weighted by molar-refractivity contribution is 6.05. The highest BCUT2D eigenvalue weighted by atomic mass is 16.3. The first-order valence-corrected chi connectivity index (χ1v) is 7.69. The van der Waals surface area contributed by atoms with E-state index in [0.29, 0.717) is 12.1 Å². The lowest BCUT2D eigenvalue weighted by Crippen LogP contribution is -2.41. The molecule has 1 aliphatic carbocycles. The fraction of sp³-hybridized carbons (Fsp3) is 0.471. The number of hydrogen-bond donors (Lipinski definition) is 3. The van der Waals surface area contributed by atoms with Crippen molar-refractivity contribution in [2.45, 2.75) is 32.1 Å². The van der Waals surface area contributed by atoms with Gasteiger partial charge in [-0.15, -0.1) is 0 Å². The van der Waals surface area contributed by atoms with Crippen LogP contribution in [0.4, 0.5) is 0 Å². The predicted octanol–water partition coefficient (Wildman–Crippen LogP) is 2.84. The fourth-order valence-corrected chi connectivity index (χ4v) is 3.33. The van der Waals surface area contributed by atoms with Crippen LogP contribution in [-0.2, 0) is 0 Å². The second-order valence-electron chi connectivity index (χ2n) is 6.15. The number of para-hydroxylation sites is 1. The highest BCUT2D eigenvalue weighted by Gasteiger charge is 2.31. The van der Waals surface area contributed by atoms with Gasteiger partial charge in [-0.2, -0.15) is 0 Å². The van der Waals surface area contributed by atoms with E-state index in [4.69, 9.17) is 0 Å². The molecule has 1 saturated carbocycles. The first kappa shape index (κ1) is 14.1. The Morgan fingerprint density at radius 3 is 2.81 bits per heavy atom.